The molecule has 0 aliphatic carbocycles. The van der Waals surface area contributed by atoms with Crippen molar-refractivity contribution in [2.45, 2.75) is 37.2 Å². The highest BCUT2D eigenvalue weighted by molar-refractivity contribution is 8.03. The van der Waals surface area contributed by atoms with Crippen molar-refractivity contribution in [3.05, 3.63) is 24.3 Å². The topological polar surface area (TPSA) is 61.4 Å². The van der Waals surface area contributed by atoms with Crippen LogP contribution >= 0.6 is 35.7 Å². The standard InChI is InChI=1S/C17H18N6S3/c1-3-22-14-11-6-5-7-12(8-11)15-19-21-17(23(15)4-2)26-10-13(24)9-25-16(22)20-18-14/h5-8H,3-4,9-10H2,1-2H3. The molecule has 0 N–H and O–H groups in total. The fraction of sp³-hybridized carbons (Fsp3) is 0.353. The van der Waals surface area contributed by atoms with Crippen LogP contribution in [-0.2, 0) is 13.1 Å². The molecule has 1 aromatic carbocycles. The number of nitrogens with zero attached hydrogens (tertiary/aromatic N) is 6. The van der Waals surface area contributed by atoms with E-state index in [4.69, 9.17) is 12.2 Å². The highest BCUT2D eigenvalue weighted by Crippen LogP contribution is 2.30. The highest BCUT2D eigenvalue weighted by atomic mass is 32.2. The van der Waals surface area contributed by atoms with E-state index in [1.165, 1.54) is 0 Å². The molecule has 9 heteroatoms. The fourth-order valence-electron chi connectivity index (χ4n) is 2.92. The molecule has 1 aliphatic heterocycles. The lowest BCUT2D eigenvalue weighted by atomic mass is 10.1. The molecule has 6 bridgehead atoms. The average Bonchev–Trinajstić information content (AvgIpc) is 3.27. The van der Waals surface area contributed by atoms with Gasteiger partial charge in [0.15, 0.2) is 22.0 Å². The smallest absolute Gasteiger partial charge is 0.191 e. The lowest BCUT2D eigenvalue weighted by molar-refractivity contribution is 0.686. The van der Waals surface area contributed by atoms with Crippen LogP contribution in [0.4, 0.5) is 0 Å². The normalized spacial score (nSPS) is 14.3. The Kier molecular flexibility index (Phi) is 5.10. The second-order valence-electron chi connectivity index (χ2n) is 5.80. The number of thiocarbonyl (C=S) groups is 1. The fourth-order valence-corrected chi connectivity index (χ4v) is 5.12. The average molecular weight is 403 g/mol. The second kappa shape index (κ2) is 7.50. The van der Waals surface area contributed by atoms with Crippen LogP contribution in [0.15, 0.2) is 34.6 Å². The molecule has 3 heterocycles. The first kappa shape index (κ1) is 17.7. The van der Waals surface area contributed by atoms with Crippen LogP contribution in [0.3, 0.4) is 0 Å². The molecule has 0 spiro atoms. The zero-order valence-electron chi connectivity index (χ0n) is 14.5. The van der Waals surface area contributed by atoms with Crippen molar-refractivity contribution in [1.82, 2.24) is 29.5 Å². The monoisotopic (exact) mass is 402 g/mol. The number of fused-ring (bicyclic) bond motifs is 8. The van der Waals surface area contributed by atoms with Crippen molar-refractivity contribution in [3.63, 3.8) is 0 Å². The van der Waals surface area contributed by atoms with Crippen LogP contribution in [0, 0.1) is 0 Å². The number of rotatable bonds is 2. The number of thioether (sulfide) groups is 2. The van der Waals surface area contributed by atoms with E-state index in [9.17, 15) is 0 Å². The Bertz CT molecular complexity index is 890. The quantitative estimate of drug-likeness (QED) is 0.604. The molecular weight excluding hydrogens is 384 g/mol. The minimum absolute atomic E-state index is 0.744. The molecule has 4 rings (SSSR count). The summed E-state index contributed by atoms with van der Waals surface area (Å²) in [6.07, 6.45) is 0. The van der Waals surface area contributed by atoms with E-state index >= 15 is 0 Å². The summed E-state index contributed by atoms with van der Waals surface area (Å²) in [5.41, 5.74) is 2.06. The lowest BCUT2D eigenvalue weighted by Gasteiger charge is -2.11. The van der Waals surface area contributed by atoms with Gasteiger partial charge in [-0.25, -0.2) is 0 Å². The molecule has 2 aromatic heterocycles. The summed E-state index contributed by atoms with van der Waals surface area (Å²) >= 11 is 8.85. The molecule has 0 unspecified atom stereocenters. The summed E-state index contributed by atoms with van der Waals surface area (Å²) in [6.45, 7) is 5.84. The van der Waals surface area contributed by atoms with E-state index in [2.05, 4.69) is 61.6 Å². The Hall–Kier alpha value is -1.71. The maximum absolute atomic E-state index is 5.56. The summed E-state index contributed by atoms with van der Waals surface area (Å²) in [5, 5.41) is 19.5. The van der Waals surface area contributed by atoms with Gasteiger partial charge in [-0.05, 0) is 19.9 Å². The number of hydrogen-bond donors (Lipinski definition) is 0. The highest BCUT2D eigenvalue weighted by Gasteiger charge is 2.18. The van der Waals surface area contributed by atoms with Crippen molar-refractivity contribution in [2.24, 2.45) is 0 Å². The third-order valence-electron chi connectivity index (χ3n) is 4.17. The Morgan fingerprint density at radius 1 is 0.885 bits per heavy atom. The maximum atomic E-state index is 5.56. The molecule has 3 aromatic rings. The van der Waals surface area contributed by atoms with E-state index in [-0.39, 0.29) is 0 Å². The Labute approximate surface area is 165 Å². The zero-order chi connectivity index (χ0) is 18.1. The Morgan fingerprint density at radius 3 is 1.85 bits per heavy atom. The SMILES string of the molecule is CCn1c2nnc1-c1cccc(c1)-c1nnc(n1CC)SCC(=S)CS2. The van der Waals surface area contributed by atoms with Crippen LogP contribution in [0.25, 0.3) is 22.8 Å². The second-order valence-corrected chi connectivity index (χ2v) is 8.26. The predicted molar refractivity (Wildman–Crippen MR) is 110 cm³/mol. The molecule has 0 amide bonds. The largest absolute Gasteiger partial charge is 0.302 e. The van der Waals surface area contributed by atoms with Crippen molar-refractivity contribution in [1.29, 1.82) is 0 Å². The summed E-state index contributed by atoms with van der Waals surface area (Å²) in [4.78, 5) is 0.981. The third kappa shape index (κ3) is 3.19. The molecule has 0 fully saturated rings. The van der Waals surface area contributed by atoms with Gasteiger partial charge in [0.05, 0.1) is 0 Å². The molecule has 6 nitrogen and oxygen atoms in total. The van der Waals surface area contributed by atoms with Gasteiger partial charge in [0.1, 0.15) is 0 Å². The van der Waals surface area contributed by atoms with Crippen LogP contribution in [-0.4, -0.2) is 45.9 Å². The van der Waals surface area contributed by atoms with Gasteiger partial charge in [-0.2, -0.15) is 0 Å². The molecule has 0 radical (unpaired) electrons. The molecule has 0 saturated heterocycles. The third-order valence-corrected chi connectivity index (χ3v) is 6.93. The van der Waals surface area contributed by atoms with E-state index in [1.54, 1.807) is 23.5 Å². The predicted octanol–water partition coefficient (Wildman–Crippen LogP) is 3.81. The van der Waals surface area contributed by atoms with Gasteiger partial charge < -0.3 is 9.13 Å². The number of aromatic nitrogens is 6. The molecule has 1 aliphatic rings. The zero-order valence-corrected chi connectivity index (χ0v) is 17.0. The van der Waals surface area contributed by atoms with Crippen LogP contribution in [0.5, 0.6) is 0 Å². The first-order valence-electron chi connectivity index (χ1n) is 8.45. The summed E-state index contributed by atoms with van der Waals surface area (Å²) in [6, 6.07) is 8.28. The molecule has 0 saturated carbocycles. The van der Waals surface area contributed by atoms with Crippen LogP contribution in [0.2, 0.25) is 0 Å². The van der Waals surface area contributed by atoms with Gasteiger partial charge in [-0.3, -0.25) is 0 Å². The molecule has 134 valence electrons. The van der Waals surface area contributed by atoms with Crippen LogP contribution < -0.4 is 0 Å². The van der Waals surface area contributed by atoms with Gasteiger partial charge in [-0.15, -0.1) is 20.4 Å². The van der Waals surface area contributed by atoms with Crippen molar-refractivity contribution in [3.8, 4) is 22.8 Å². The molecule has 0 atom stereocenters. The molecule has 26 heavy (non-hydrogen) atoms. The van der Waals surface area contributed by atoms with Gasteiger partial charge in [-0.1, -0.05) is 53.9 Å². The van der Waals surface area contributed by atoms with Gasteiger partial charge in [0.25, 0.3) is 0 Å². The number of benzene rings is 1. The molecular formula is C17H18N6S3. The van der Waals surface area contributed by atoms with E-state index < -0.39 is 0 Å². The lowest BCUT2D eigenvalue weighted by Crippen LogP contribution is -2.07. The first-order chi connectivity index (χ1) is 12.7. The van der Waals surface area contributed by atoms with Gasteiger partial charge in [0, 0.05) is 40.6 Å². The van der Waals surface area contributed by atoms with Gasteiger partial charge in [0.2, 0.25) is 0 Å². The Balaban J connectivity index is 1.90. The van der Waals surface area contributed by atoms with Crippen molar-refractivity contribution < 1.29 is 0 Å². The van der Waals surface area contributed by atoms with Crippen molar-refractivity contribution >= 4 is 40.6 Å². The van der Waals surface area contributed by atoms with E-state index in [1.807, 2.05) is 6.07 Å². The summed E-state index contributed by atoms with van der Waals surface area (Å²) in [5.74, 6) is 3.23. The van der Waals surface area contributed by atoms with E-state index in [0.717, 1.165) is 62.5 Å². The van der Waals surface area contributed by atoms with Gasteiger partial charge >= 0.3 is 0 Å². The Morgan fingerprint density at radius 2 is 1.38 bits per heavy atom. The minimum Gasteiger partial charge on any atom is -0.302 e. The number of hydrogen-bond acceptors (Lipinski definition) is 7. The van der Waals surface area contributed by atoms with E-state index in [0.29, 0.717) is 0 Å². The maximum Gasteiger partial charge on any atom is 0.191 e. The summed E-state index contributed by atoms with van der Waals surface area (Å²) < 4.78 is 4.28. The minimum atomic E-state index is 0.744. The van der Waals surface area contributed by atoms with Crippen molar-refractivity contribution in [2.75, 3.05) is 11.5 Å². The first-order valence-corrected chi connectivity index (χ1v) is 10.8. The van der Waals surface area contributed by atoms with Crippen LogP contribution in [0.1, 0.15) is 13.8 Å². The summed E-state index contributed by atoms with van der Waals surface area (Å²) in [7, 11) is 0.